The maximum Gasteiger partial charge on any atom is 0.287 e. The number of thiophene rings is 1. The Morgan fingerprint density at radius 3 is 2.66 bits per heavy atom. The van der Waals surface area contributed by atoms with Crippen molar-refractivity contribution >= 4 is 22.9 Å². The minimum atomic E-state index is -0.803. The van der Waals surface area contributed by atoms with Gasteiger partial charge in [-0.2, -0.15) is 5.26 Å². The number of hydrogen-bond acceptors (Lipinski definition) is 6. The molecule has 0 spiro atoms. The quantitative estimate of drug-likeness (QED) is 0.493. The number of nitrogens with zero attached hydrogens (tertiary/aromatic N) is 3. The van der Waals surface area contributed by atoms with Crippen molar-refractivity contribution in [1.29, 1.82) is 5.26 Å². The van der Waals surface area contributed by atoms with Crippen LogP contribution < -0.4 is 10.9 Å². The van der Waals surface area contributed by atoms with Gasteiger partial charge in [-0.1, -0.05) is 18.2 Å². The van der Waals surface area contributed by atoms with Gasteiger partial charge in [0.05, 0.1) is 17.2 Å². The number of pyridine rings is 1. The van der Waals surface area contributed by atoms with Gasteiger partial charge < -0.3 is 5.32 Å². The van der Waals surface area contributed by atoms with Crippen molar-refractivity contribution in [2.24, 2.45) is 0 Å². The predicted octanol–water partition coefficient (Wildman–Crippen LogP) is 2.73. The Labute approximate surface area is 167 Å². The first-order valence-electron chi connectivity index (χ1n) is 8.26. The summed E-state index contributed by atoms with van der Waals surface area (Å²) in [6.45, 7) is -0.516. The van der Waals surface area contributed by atoms with Crippen LogP contribution in [0, 0.1) is 27.3 Å². The summed E-state index contributed by atoms with van der Waals surface area (Å²) in [6.07, 6.45) is 0.917. The highest BCUT2D eigenvalue weighted by molar-refractivity contribution is 7.10. The Morgan fingerprint density at radius 1 is 1.34 bits per heavy atom. The predicted molar refractivity (Wildman–Crippen MR) is 103 cm³/mol. The van der Waals surface area contributed by atoms with Crippen molar-refractivity contribution in [2.45, 2.75) is 12.6 Å². The molecule has 0 saturated carbocycles. The lowest BCUT2D eigenvalue weighted by atomic mass is 10.1. The number of rotatable bonds is 6. The average Bonchev–Trinajstić information content (AvgIpc) is 3.23. The molecule has 10 heteroatoms. The number of carbonyl (C=O) groups is 1. The summed E-state index contributed by atoms with van der Waals surface area (Å²) < 4.78 is 14.1. The summed E-state index contributed by atoms with van der Waals surface area (Å²) >= 11 is 1.38. The molecule has 1 aromatic carbocycles. The third-order valence-corrected chi connectivity index (χ3v) is 4.99. The lowest BCUT2D eigenvalue weighted by Gasteiger charge is -2.18. The van der Waals surface area contributed by atoms with Gasteiger partial charge in [0.25, 0.3) is 11.2 Å². The molecule has 0 saturated heterocycles. The van der Waals surface area contributed by atoms with E-state index in [0.29, 0.717) is 5.56 Å². The zero-order valence-electron chi connectivity index (χ0n) is 14.7. The second kappa shape index (κ2) is 8.45. The smallest absolute Gasteiger partial charge is 0.287 e. The van der Waals surface area contributed by atoms with E-state index in [4.69, 9.17) is 5.26 Å². The van der Waals surface area contributed by atoms with E-state index in [1.165, 1.54) is 35.6 Å². The largest absolute Gasteiger partial charge is 0.343 e. The number of aromatic nitrogens is 1. The Kier molecular flexibility index (Phi) is 5.80. The van der Waals surface area contributed by atoms with Crippen molar-refractivity contribution in [1.82, 2.24) is 9.88 Å². The fourth-order valence-corrected chi connectivity index (χ4v) is 3.51. The molecule has 3 rings (SSSR count). The highest BCUT2D eigenvalue weighted by Crippen LogP contribution is 2.26. The summed E-state index contributed by atoms with van der Waals surface area (Å²) in [5, 5.41) is 24.6. The highest BCUT2D eigenvalue weighted by atomic mass is 32.1. The molecule has 1 amide bonds. The summed E-state index contributed by atoms with van der Waals surface area (Å²) in [7, 11) is 0. The van der Waals surface area contributed by atoms with Crippen LogP contribution in [-0.4, -0.2) is 15.4 Å². The maximum absolute atomic E-state index is 13.3. The van der Waals surface area contributed by atoms with E-state index >= 15 is 0 Å². The molecule has 0 aliphatic heterocycles. The first kappa shape index (κ1) is 19.9. The van der Waals surface area contributed by atoms with Gasteiger partial charge in [0.1, 0.15) is 24.0 Å². The Hall–Kier alpha value is -3.84. The van der Waals surface area contributed by atoms with E-state index in [-0.39, 0.29) is 0 Å². The lowest BCUT2D eigenvalue weighted by Crippen LogP contribution is -2.35. The van der Waals surface area contributed by atoms with Gasteiger partial charge >= 0.3 is 0 Å². The third-order valence-electron chi connectivity index (χ3n) is 4.05. The average molecular weight is 412 g/mol. The monoisotopic (exact) mass is 412 g/mol. The Morgan fingerprint density at radius 2 is 2.07 bits per heavy atom. The molecule has 0 bridgehead atoms. The van der Waals surface area contributed by atoms with Gasteiger partial charge in [0.15, 0.2) is 0 Å². The van der Waals surface area contributed by atoms with Crippen LogP contribution in [0.25, 0.3) is 0 Å². The van der Waals surface area contributed by atoms with Crippen molar-refractivity contribution in [3.8, 4) is 6.07 Å². The number of amides is 1. The van der Waals surface area contributed by atoms with Crippen LogP contribution in [0.15, 0.2) is 58.8 Å². The van der Waals surface area contributed by atoms with Crippen LogP contribution in [0.1, 0.15) is 22.0 Å². The van der Waals surface area contributed by atoms with Crippen LogP contribution in [0.2, 0.25) is 0 Å². The molecule has 0 radical (unpaired) electrons. The summed E-state index contributed by atoms with van der Waals surface area (Å²) in [5.41, 5.74) is -1.07. The number of carbonyl (C=O) groups excluding carboxylic acids is 1. The molecule has 3 aromatic rings. The summed E-state index contributed by atoms with van der Waals surface area (Å²) in [5.74, 6) is -1.02. The molecule has 146 valence electrons. The van der Waals surface area contributed by atoms with Gasteiger partial charge in [-0.25, -0.2) is 4.39 Å². The molecule has 29 heavy (non-hydrogen) atoms. The van der Waals surface area contributed by atoms with Crippen LogP contribution >= 0.6 is 11.3 Å². The zero-order valence-corrected chi connectivity index (χ0v) is 15.6. The number of nitriles is 1. The fraction of sp³-hybridized carbons (Fsp3) is 0.105. The molecular formula is C19H13FN4O4S. The van der Waals surface area contributed by atoms with Crippen LogP contribution in [-0.2, 0) is 11.3 Å². The molecule has 1 atom stereocenters. The van der Waals surface area contributed by atoms with E-state index in [1.54, 1.807) is 18.2 Å². The number of benzene rings is 1. The molecule has 0 fully saturated rings. The number of nitro groups is 1. The van der Waals surface area contributed by atoms with Gasteiger partial charge in [-0.3, -0.25) is 24.3 Å². The van der Waals surface area contributed by atoms with Crippen LogP contribution in [0.3, 0.4) is 0 Å². The van der Waals surface area contributed by atoms with Crippen molar-refractivity contribution in [2.75, 3.05) is 0 Å². The maximum atomic E-state index is 13.3. The number of hydrogen-bond donors (Lipinski definition) is 1. The second-order valence-corrected chi connectivity index (χ2v) is 6.96. The minimum Gasteiger partial charge on any atom is -0.343 e. The van der Waals surface area contributed by atoms with Crippen molar-refractivity contribution in [3.05, 3.63) is 96.3 Å². The van der Waals surface area contributed by atoms with E-state index in [9.17, 15) is 24.1 Å². The standard InChI is InChI=1S/C19H13FN4O4S/c20-14-5-3-12(4-6-14)18(16-2-1-7-29-16)22-17(25)11-23-10-15(24(27)28)8-13(9-21)19(23)26/h1-8,10,18H,11H2,(H,22,25)/t18-/m0/s1. The first-order valence-corrected chi connectivity index (χ1v) is 9.14. The topological polar surface area (TPSA) is 118 Å². The molecule has 2 heterocycles. The highest BCUT2D eigenvalue weighted by Gasteiger charge is 2.20. The van der Waals surface area contributed by atoms with Gasteiger partial charge in [-0.05, 0) is 29.1 Å². The van der Waals surface area contributed by atoms with Crippen molar-refractivity contribution in [3.63, 3.8) is 0 Å². The summed E-state index contributed by atoms with van der Waals surface area (Å²) in [4.78, 5) is 35.9. The van der Waals surface area contributed by atoms with Gasteiger partial charge in [0.2, 0.25) is 5.91 Å². The molecule has 0 unspecified atom stereocenters. The fourth-order valence-electron chi connectivity index (χ4n) is 2.71. The van der Waals surface area contributed by atoms with Crippen molar-refractivity contribution < 1.29 is 14.1 Å². The normalized spacial score (nSPS) is 11.4. The number of halogens is 1. The first-order chi connectivity index (χ1) is 13.9. The molecule has 0 aliphatic carbocycles. The minimum absolute atomic E-state index is 0.419. The third kappa shape index (κ3) is 4.53. The van der Waals surface area contributed by atoms with Gasteiger partial charge in [-0.15, -0.1) is 11.3 Å². The van der Waals surface area contributed by atoms with Gasteiger partial charge in [0, 0.05) is 10.9 Å². The summed E-state index contributed by atoms with van der Waals surface area (Å²) in [6, 6.07) is 11.1. The van der Waals surface area contributed by atoms with E-state index in [1.807, 2.05) is 5.38 Å². The molecule has 2 aromatic heterocycles. The van der Waals surface area contributed by atoms with E-state index < -0.39 is 46.0 Å². The van der Waals surface area contributed by atoms with E-state index in [2.05, 4.69) is 5.32 Å². The molecule has 0 aliphatic rings. The molecule has 1 N–H and O–H groups in total. The lowest BCUT2D eigenvalue weighted by molar-refractivity contribution is -0.385. The Bertz CT molecular complexity index is 1150. The molecule has 8 nitrogen and oxygen atoms in total. The SMILES string of the molecule is N#Cc1cc([N+](=O)[O-])cn(CC(=O)N[C@@H](c2ccc(F)cc2)c2cccs2)c1=O. The van der Waals surface area contributed by atoms with E-state index in [0.717, 1.165) is 21.7 Å². The number of nitrogens with one attached hydrogen (secondary N) is 1. The van der Waals surface area contributed by atoms with Crippen LogP contribution in [0.4, 0.5) is 10.1 Å². The zero-order chi connectivity index (χ0) is 21.0. The Balaban J connectivity index is 1.89. The molecular weight excluding hydrogens is 399 g/mol. The van der Waals surface area contributed by atoms with Crippen LogP contribution in [0.5, 0.6) is 0 Å². The second-order valence-electron chi connectivity index (χ2n) is 5.98.